The molecule has 0 amide bonds. The molecular weight excluding hydrogens is 232 g/mol. The summed E-state index contributed by atoms with van der Waals surface area (Å²) in [6.45, 7) is 6.29. The summed E-state index contributed by atoms with van der Waals surface area (Å²) >= 11 is 0. The van der Waals surface area contributed by atoms with Crippen LogP contribution in [0.4, 0.5) is 0 Å². The van der Waals surface area contributed by atoms with E-state index in [1.54, 1.807) is 0 Å². The summed E-state index contributed by atoms with van der Waals surface area (Å²) < 4.78 is 0. The molecule has 0 aliphatic carbocycles. The lowest BCUT2D eigenvalue weighted by Gasteiger charge is -2.31. The first-order chi connectivity index (χ1) is 9.31. The molecule has 102 valence electrons. The highest BCUT2D eigenvalue weighted by Crippen LogP contribution is 2.21. The quantitative estimate of drug-likeness (QED) is 0.842. The number of nitrogens with zero attached hydrogens (tertiary/aromatic N) is 1. The second-order valence-electron chi connectivity index (χ2n) is 5.33. The van der Waals surface area contributed by atoms with Crippen LogP contribution in [0.25, 0.3) is 0 Å². The van der Waals surface area contributed by atoms with Crippen LogP contribution in [0.2, 0.25) is 0 Å². The van der Waals surface area contributed by atoms with E-state index in [0.29, 0.717) is 6.54 Å². The molecule has 1 saturated heterocycles. The zero-order valence-corrected chi connectivity index (χ0v) is 11.9. The predicted octanol–water partition coefficient (Wildman–Crippen LogP) is 2.62. The summed E-state index contributed by atoms with van der Waals surface area (Å²) in [5, 5.41) is 0. The Bertz CT molecular complexity index is 431. The predicted molar refractivity (Wildman–Crippen MR) is 80.7 cm³/mol. The van der Waals surface area contributed by atoms with Gasteiger partial charge >= 0.3 is 0 Å². The first-order valence-electron chi connectivity index (χ1n) is 7.32. The fourth-order valence-corrected chi connectivity index (χ4v) is 2.66. The number of piperidine rings is 1. The van der Waals surface area contributed by atoms with Crippen molar-refractivity contribution in [3.63, 3.8) is 0 Å². The van der Waals surface area contributed by atoms with Crippen molar-refractivity contribution in [3.8, 4) is 11.8 Å². The second-order valence-corrected chi connectivity index (χ2v) is 5.33. The smallest absolute Gasteiger partial charge is 0.0555 e. The normalized spacial score (nSPS) is 16.9. The molecule has 0 bridgehead atoms. The Morgan fingerprint density at radius 1 is 1.21 bits per heavy atom. The van der Waals surface area contributed by atoms with Crippen LogP contribution < -0.4 is 5.73 Å². The highest BCUT2D eigenvalue weighted by Gasteiger charge is 2.17. The van der Waals surface area contributed by atoms with E-state index in [1.165, 1.54) is 37.9 Å². The minimum Gasteiger partial charge on any atom is -0.320 e. The molecular formula is C17H24N2. The van der Waals surface area contributed by atoms with E-state index in [1.807, 2.05) is 0 Å². The maximum Gasteiger partial charge on any atom is 0.0555 e. The Labute approximate surface area is 117 Å². The maximum atomic E-state index is 5.37. The Kier molecular flexibility index (Phi) is 5.44. The van der Waals surface area contributed by atoms with Crippen LogP contribution in [0.3, 0.4) is 0 Å². The van der Waals surface area contributed by atoms with E-state index in [4.69, 9.17) is 5.73 Å². The molecule has 1 heterocycles. The fraction of sp³-hybridized carbons (Fsp3) is 0.529. The summed E-state index contributed by atoms with van der Waals surface area (Å²) in [6, 6.07) is 8.56. The first-order valence-corrected chi connectivity index (χ1v) is 7.32. The second kappa shape index (κ2) is 7.33. The van der Waals surface area contributed by atoms with Gasteiger partial charge in [0, 0.05) is 12.1 Å². The van der Waals surface area contributed by atoms with Gasteiger partial charge in [-0.2, -0.15) is 0 Å². The van der Waals surface area contributed by atoms with Crippen molar-refractivity contribution in [1.82, 2.24) is 4.90 Å². The zero-order valence-electron chi connectivity index (χ0n) is 11.9. The third-order valence-electron chi connectivity index (χ3n) is 3.98. The molecule has 1 aliphatic rings. The van der Waals surface area contributed by atoms with Crippen LogP contribution in [0.5, 0.6) is 0 Å². The molecule has 0 unspecified atom stereocenters. The molecule has 0 saturated carbocycles. The molecule has 1 aromatic rings. The van der Waals surface area contributed by atoms with Crippen LogP contribution in [0.15, 0.2) is 24.3 Å². The SMILES string of the molecule is CCC1CCN(Cc2ccc(C#CCN)cc2)CC1. The molecule has 1 aliphatic heterocycles. The van der Waals surface area contributed by atoms with E-state index < -0.39 is 0 Å². The van der Waals surface area contributed by atoms with Crippen molar-refractivity contribution in [2.45, 2.75) is 32.7 Å². The molecule has 0 spiro atoms. The van der Waals surface area contributed by atoms with E-state index >= 15 is 0 Å². The standard InChI is InChI=1S/C17H24N2/c1-2-15-9-12-19(13-10-15)14-17-7-5-16(6-8-17)4-3-11-18/h5-8,15H,2,9-14,18H2,1H3. The van der Waals surface area contributed by atoms with E-state index in [2.05, 4.69) is 47.9 Å². The highest BCUT2D eigenvalue weighted by atomic mass is 15.1. The van der Waals surface area contributed by atoms with Gasteiger partial charge in [0.15, 0.2) is 0 Å². The van der Waals surface area contributed by atoms with Gasteiger partial charge in [0.1, 0.15) is 0 Å². The van der Waals surface area contributed by atoms with Crippen molar-refractivity contribution < 1.29 is 0 Å². The van der Waals surface area contributed by atoms with Gasteiger partial charge in [-0.1, -0.05) is 37.3 Å². The molecule has 2 rings (SSSR count). The zero-order chi connectivity index (χ0) is 13.5. The Morgan fingerprint density at radius 3 is 2.47 bits per heavy atom. The van der Waals surface area contributed by atoms with Crippen molar-refractivity contribution in [3.05, 3.63) is 35.4 Å². The maximum absolute atomic E-state index is 5.37. The van der Waals surface area contributed by atoms with Crippen LogP contribution in [0, 0.1) is 17.8 Å². The fourth-order valence-electron chi connectivity index (χ4n) is 2.66. The van der Waals surface area contributed by atoms with Crippen LogP contribution >= 0.6 is 0 Å². The highest BCUT2D eigenvalue weighted by molar-refractivity contribution is 5.36. The molecule has 1 fully saturated rings. The molecule has 0 atom stereocenters. The van der Waals surface area contributed by atoms with Gasteiger partial charge in [-0.3, -0.25) is 4.90 Å². The number of benzene rings is 1. The van der Waals surface area contributed by atoms with Gasteiger partial charge in [0.2, 0.25) is 0 Å². The Morgan fingerprint density at radius 2 is 1.89 bits per heavy atom. The Hall–Kier alpha value is -1.30. The molecule has 2 nitrogen and oxygen atoms in total. The number of hydrogen-bond acceptors (Lipinski definition) is 2. The average molecular weight is 256 g/mol. The molecule has 19 heavy (non-hydrogen) atoms. The first kappa shape index (κ1) is 14.1. The topological polar surface area (TPSA) is 29.3 Å². The van der Waals surface area contributed by atoms with Gasteiger partial charge in [-0.05, 0) is 49.5 Å². The van der Waals surface area contributed by atoms with Crippen LogP contribution in [0.1, 0.15) is 37.3 Å². The molecule has 0 radical (unpaired) electrons. The summed E-state index contributed by atoms with van der Waals surface area (Å²) in [4.78, 5) is 2.56. The number of rotatable bonds is 3. The van der Waals surface area contributed by atoms with Crippen molar-refractivity contribution >= 4 is 0 Å². The Balaban J connectivity index is 1.86. The summed E-state index contributed by atoms with van der Waals surface area (Å²) in [5.41, 5.74) is 7.81. The number of likely N-dealkylation sites (tertiary alicyclic amines) is 1. The number of nitrogens with two attached hydrogens (primary N) is 1. The molecule has 2 N–H and O–H groups in total. The van der Waals surface area contributed by atoms with Gasteiger partial charge in [-0.15, -0.1) is 0 Å². The van der Waals surface area contributed by atoms with Gasteiger partial charge in [0.25, 0.3) is 0 Å². The lowest BCUT2D eigenvalue weighted by atomic mass is 9.94. The van der Waals surface area contributed by atoms with Crippen molar-refractivity contribution in [2.75, 3.05) is 19.6 Å². The lowest BCUT2D eigenvalue weighted by Crippen LogP contribution is -2.32. The van der Waals surface area contributed by atoms with Gasteiger partial charge in [-0.25, -0.2) is 0 Å². The van der Waals surface area contributed by atoms with Crippen LogP contribution in [-0.4, -0.2) is 24.5 Å². The van der Waals surface area contributed by atoms with E-state index in [9.17, 15) is 0 Å². The van der Waals surface area contributed by atoms with E-state index in [-0.39, 0.29) is 0 Å². The monoisotopic (exact) mass is 256 g/mol. The minimum absolute atomic E-state index is 0.425. The van der Waals surface area contributed by atoms with E-state index in [0.717, 1.165) is 18.0 Å². The lowest BCUT2D eigenvalue weighted by molar-refractivity contribution is 0.175. The average Bonchev–Trinajstić information content (AvgIpc) is 2.47. The summed E-state index contributed by atoms with van der Waals surface area (Å²) in [7, 11) is 0. The largest absolute Gasteiger partial charge is 0.320 e. The third kappa shape index (κ3) is 4.38. The molecule has 0 aromatic heterocycles. The van der Waals surface area contributed by atoms with Gasteiger partial charge in [0.05, 0.1) is 6.54 Å². The van der Waals surface area contributed by atoms with Crippen molar-refractivity contribution in [2.24, 2.45) is 11.7 Å². The van der Waals surface area contributed by atoms with Crippen molar-refractivity contribution in [1.29, 1.82) is 0 Å². The van der Waals surface area contributed by atoms with Gasteiger partial charge < -0.3 is 5.73 Å². The summed E-state index contributed by atoms with van der Waals surface area (Å²) in [6.07, 6.45) is 4.05. The van der Waals surface area contributed by atoms with Crippen LogP contribution in [-0.2, 0) is 6.54 Å². The molecule has 2 heteroatoms. The third-order valence-corrected chi connectivity index (χ3v) is 3.98. The summed E-state index contributed by atoms with van der Waals surface area (Å²) in [5.74, 6) is 6.89. The minimum atomic E-state index is 0.425. The molecule has 1 aromatic carbocycles. The number of hydrogen-bond donors (Lipinski definition) is 1.